The minimum Gasteiger partial charge on any atom is -0.550 e. The van der Waals surface area contributed by atoms with Crippen molar-refractivity contribution in [3.8, 4) is 0 Å². The van der Waals surface area contributed by atoms with Gasteiger partial charge in [0.1, 0.15) is 0 Å². The second-order valence-corrected chi connectivity index (χ2v) is 5.02. The molecule has 2 aromatic rings. The fourth-order valence-electron chi connectivity index (χ4n) is 2.42. The Morgan fingerprint density at radius 2 is 1.96 bits per heavy atom. The number of rotatable bonds is 4. The van der Waals surface area contributed by atoms with Crippen molar-refractivity contribution < 1.29 is 19.5 Å². The first-order valence-electron chi connectivity index (χ1n) is 6.91. The van der Waals surface area contributed by atoms with Crippen LogP contribution in [0.1, 0.15) is 16.8 Å². The minimum atomic E-state index is -1.47. The highest BCUT2D eigenvalue weighted by atomic mass is 16.4. The van der Waals surface area contributed by atoms with E-state index >= 15 is 0 Å². The molecular formula is C16H12N3O4-. The Morgan fingerprint density at radius 3 is 2.74 bits per heavy atom. The number of aliphatic carboxylic acids is 1. The SMILES string of the molecule is O=C([O-])CC(=O)CN1C(=O)c2ccccc2Nc2ncccc21. The normalized spacial score (nSPS) is 12.7. The maximum atomic E-state index is 12.8. The van der Waals surface area contributed by atoms with E-state index in [1.54, 1.807) is 42.6 Å². The number of hydrogen-bond acceptors (Lipinski definition) is 6. The molecule has 0 unspecified atom stereocenters. The quantitative estimate of drug-likeness (QED) is 0.825. The van der Waals surface area contributed by atoms with Crippen molar-refractivity contribution in [3.05, 3.63) is 48.2 Å². The molecule has 0 saturated carbocycles. The zero-order valence-electron chi connectivity index (χ0n) is 12.0. The highest BCUT2D eigenvalue weighted by molar-refractivity contribution is 6.15. The molecule has 1 aliphatic rings. The number of carbonyl (C=O) groups excluding carboxylic acids is 3. The number of Topliss-reactive ketones (excluding diaryl/α,β-unsaturated/α-hetero) is 1. The number of benzene rings is 1. The van der Waals surface area contributed by atoms with Gasteiger partial charge in [0.15, 0.2) is 11.6 Å². The summed E-state index contributed by atoms with van der Waals surface area (Å²) in [6.45, 7) is -0.360. The van der Waals surface area contributed by atoms with E-state index in [0.29, 0.717) is 22.8 Å². The van der Waals surface area contributed by atoms with Gasteiger partial charge in [0.2, 0.25) is 0 Å². The predicted molar refractivity (Wildman–Crippen MR) is 80.3 cm³/mol. The number of carboxylic acids is 1. The van der Waals surface area contributed by atoms with Crippen LogP contribution in [0.5, 0.6) is 0 Å². The van der Waals surface area contributed by atoms with Crippen molar-refractivity contribution in [3.63, 3.8) is 0 Å². The van der Waals surface area contributed by atoms with Gasteiger partial charge >= 0.3 is 0 Å². The fourth-order valence-corrected chi connectivity index (χ4v) is 2.42. The molecule has 0 radical (unpaired) electrons. The summed E-state index contributed by atoms with van der Waals surface area (Å²) in [5.74, 6) is -2.06. The molecule has 7 heteroatoms. The van der Waals surface area contributed by atoms with E-state index in [1.807, 2.05) is 0 Å². The molecule has 23 heavy (non-hydrogen) atoms. The van der Waals surface area contributed by atoms with Gasteiger partial charge in [-0.1, -0.05) is 12.1 Å². The third-order valence-corrected chi connectivity index (χ3v) is 3.41. The van der Waals surface area contributed by atoms with E-state index in [1.165, 1.54) is 4.90 Å². The van der Waals surface area contributed by atoms with Crippen LogP contribution in [0.3, 0.4) is 0 Å². The number of para-hydroxylation sites is 1. The number of aromatic nitrogens is 1. The molecule has 0 atom stereocenters. The van der Waals surface area contributed by atoms with E-state index in [0.717, 1.165) is 0 Å². The van der Waals surface area contributed by atoms with E-state index in [9.17, 15) is 19.5 Å². The molecule has 1 aromatic heterocycles. The van der Waals surface area contributed by atoms with Gasteiger partial charge in [-0.05, 0) is 24.3 Å². The Hall–Kier alpha value is -3.22. The van der Waals surface area contributed by atoms with Gasteiger partial charge in [-0.2, -0.15) is 0 Å². The summed E-state index contributed by atoms with van der Waals surface area (Å²) in [6.07, 6.45) is 0.819. The lowest BCUT2D eigenvalue weighted by molar-refractivity contribution is -0.304. The Balaban J connectivity index is 2.04. The van der Waals surface area contributed by atoms with Crippen LogP contribution in [0, 0.1) is 0 Å². The summed E-state index contributed by atoms with van der Waals surface area (Å²) >= 11 is 0. The van der Waals surface area contributed by atoms with E-state index in [2.05, 4.69) is 10.3 Å². The second kappa shape index (κ2) is 5.88. The van der Waals surface area contributed by atoms with Crippen LogP contribution in [-0.4, -0.2) is 29.2 Å². The highest BCUT2D eigenvalue weighted by Crippen LogP contribution is 2.33. The number of carbonyl (C=O) groups is 3. The van der Waals surface area contributed by atoms with Gasteiger partial charge in [-0.15, -0.1) is 0 Å². The summed E-state index contributed by atoms with van der Waals surface area (Å²) in [5.41, 5.74) is 1.37. The minimum absolute atomic E-state index is 0.360. The molecule has 1 aliphatic heterocycles. The molecule has 116 valence electrons. The zero-order valence-corrected chi connectivity index (χ0v) is 12.0. The first-order valence-corrected chi connectivity index (χ1v) is 6.91. The summed E-state index contributed by atoms with van der Waals surface area (Å²) in [5, 5.41) is 13.6. The van der Waals surface area contributed by atoms with E-state index in [-0.39, 0.29) is 6.54 Å². The van der Waals surface area contributed by atoms with Gasteiger partial charge in [0.05, 0.1) is 23.5 Å². The number of amides is 1. The van der Waals surface area contributed by atoms with Crippen molar-refractivity contribution in [2.75, 3.05) is 16.8 Å². The van der Waals surface area contributed by atoms with E-state index in [4.69, 9.17) is 0 Å². The average molecular weight is 310 g/mol. The lowest BCUT2D eigenvalue weighted by Gasteiger charge is -2.21. The number of nitrogens with zero attached hydrogens (tertiary/aromatic N) is 2. The first kappa shape index (κ1) is 14.7. The lowest BCUT2D eigenvalue weighted by atomic mass is 10.1. The van der Waals surface area contributed by atoms with Gasteiger partial charge < -0.3 is 15.2 Å². The summed E-state index contributed by atoms with van der Waals surface area (Å²) in [7, 11) is 0. The van der Waals surface area contributed by atoms with Gasteiger partial charge in [-0.25, -0.2) is 4.98 Å². The van der Waals surface area contributed by atoms with Gasteiger partial charge in [0.25, 0.3) is 5.91 Å². The van der Waals surface area contributed by atoms with Gasteiger partial charge in [0, 0.05) is 18.6 Å². The Labute approximate surface area is 131 Å². The third-order valence-electron chi connectivity index (χ3n) is 3.41. The van der Waals surface area contributed by atoms with Crippen molar-refractivity contribution >= 4 is 34.9 Å². The van der Waals surface area contributed by atoms with Crippen molar-refractivity contribution in [2.45, 2.75) is 6.42 Å². The van der Waals surface area contributed by atoms with Gasteiger partial charge in [-0.3, -0.25) is 14.5 Å². The monoisotopic (exact) mass is 310 g/mol. The second-order valence-electron chi connectivity index (χ2n) is 5.02. The summed E-state index contributed by atoms with van der Waals surface area (Å²) < 4.78 is 0. The molecule has 0 saturated heterocycles. The summed E-state index contributed by atoms with van der Waals surface area (Å²) in [6, 6.07) is 10.1. The molecular weight excluding hydrogens is 298 g/mol. The number of nitrogens with one attached hydrogen (secondary N) is 1. The van der Waals surface area contributed by atoms with Crippen LogP contribution < -0.4 is 15.3 Å². The van der Waals surface area contributed by atoms with Crippen LogP contribution in [-0.2, 0) is 9.59 Å². The Bertz CT molecular complexity index is 803. The zero-order chi connectivity index (χ0) is 16.4. The maximum Gasteiger partial charge on any atom is 0.260 e. The predicted octanol–water partition coefficient (Wildman–Crippen LogP) is 0.495. The van der Waals surface area contributed by atoms with Crippen LogP contribution in [0.4, 0.5) is 17.2 Å². The number of pyridine rings is 1. The number of fused-ring (bicyclic) bond motifs is 2. The number of anilines is 3. The van der Waals surface area contributed by atoms with Crippen molar-refractivity contribution in [1.29, 1.82) is 0 Å². The molecule has 0 spiro atoms. The number of carboxylic acid groups (broad SMARTS) is 1. The Morgan fingerprint density at radius 1 is 1.17 bits per heavy atom. The average Bonchev–Trinajstić information content (AvgIpc) is 2.63. The first-order chi connectivity index (χ1) is 11.1. The highest BCUT2D eigenvalue weighted by Gasteiger charge is 2.28. The molecule has 0 fully saturated rings. The standard InChI is InChI=1S/C16H13N3O4/c20-10(8-14(21)22)9-19-13-6-3-7-17-15(13)18-12-5-2-1-4-11(12)16(19)23/h1-7H,8-9H2,(H,17,18)(H,21,22)/p-1. The van der Waals surface area contributed by atoms with Crippen molar-refractivity contribution in [2.24, 2.45) is 0 Å². The molecule has 7 nitrogen and oxygen atoms in total. The van der Waals surface area contributed by atoms with Crippen LogP contribution in [0.15, 0.2) is 42.6 Å². The third kappa shape index (κ3) is 2.89. The van der Waals surface area contributed by atoms with Crippen LogP contribution >= 0.6 is 0 Å². The molecule has 0 bridgehead atoms. The number of ketones is 1. The molecule has 1 amide bonds. The molecule has 1 aromatic carbocycles. The lowest BCUT2D eigenvalue weighted by Crippen LogP contribution is -2.37. The topological polar surface area (TPSA) is 102 Å². The maximum absolute atomic E-state index is 12.8. The molecule has 0 aliphatic carbocycles. The summed E-state index contributed by atoms with van der Waals surface area (Å²) in [4.78, 5) is 40.6. The van der Waals surface area contributed by atoms with Crippen molar-refractivity contribution in [1.82, 2.24) is 4.98 Å². The Kier molecular flexibility index (Phi) is 3.76. The fraction of sp³-hybridized carbons (Fsp3) is 0.125. The van der Waals surface area contributed by atoms with Crippen LogP contribution in [0.25, 0.3) is 0 Å². The van der Waals surface area contributed by atoms with E-state index < -0.39 is 24.1 Å². The molecule has 3 rings (SSSR count). The molecule has 1 N–H and O–H groups in total. The largest absolute Gasteiger partial charge is 0.550 e. The number of hydrogen-bond donors (Lipinski definition) is 1. The molecule has 2 heterocycles. The van der Waals surface area contributed by atoms with Crippen LogP contribution in [0.2, 0.25) is 0 Å². The smallest absolute Gasteiger partial charge is 0.260 e.